The molecule has 130 valence electrons. The molecule has 25 heavy (non-hydrogen) atoms. The molecule has 0 spiro atoms. The van der Waals surface area contributed by atoms with Crippen molar-refractivity contribution in [3.05, 3.63) is 61.1 Å². The van der Waals surface area contributed by atoms with E-state index in [-0.39, 0.29) is 17.1 Å². The van der Waals surface area contributed by atoms with Crippen LogP contribution >= 0.6 is 34.8 Å². The lowest BCUT2D eigenvalue weighted by molar-refractivity contribution is -0.398. The zero-order valence-corrected chi connectivity index (χ0v) is 14.6. The van der Waals surface area contributed by atoms with Gasteiger partial charge in [-0.15, -0.1) is 0 Å². The van der Waals surface area contributed by atoms with E-state index in [4.69, 9.17) is 34.8 Å². The Morgan fingerprint density at radius 1 is 1.20 bits per heavy atom. The number of benzene rings is 2. The van der Waals surface area contributed by atoms with Crippen molar-refractivity contribution in [1.29, 1.82) is 0 Å². The first kappa shape index (κ1) is 19.0. The number of hydrogen-bond donors (Lipinski definition) is 1. The van der Waals surface area contributed by atoms with Crippen LogP contribution in [0.5, 0.6) is 5.75 Å². The largest absolute Gasteiger partial charge is 0.867 e. The van der Waals surface area contributed by atoms with Crippen LogP contribution < -0.4 is 10.4 Å². The fourth-order valence-electron chi connectivity index (χ4n) is 1.84. The van der Waals surface area contributed by atoms with Gasteiger partial charge in [-0.05, 0) is 35.6 Å². The Morgan fingerprint density at radius 2 is 1.92 bits per heavy atom. The average Bonchev–Trinajstić information content (AvgIpc) is 2.53. The number of anilines is 1. The zero-order valence-electron chi connectivity index (χ0n) is 12.3. The van der Waals surface area contributed by atoms with Gasteiger partial charge >= 0.3 is 0 Å². The van der Waals surface area contributed by atoms with Crippen LogP contribution in [0.15, 0.2) is 35.3 Å². The van der Waals surface area contributed by atoms with Crippen molar-refractivity contribution in [3.8, 4) is 5.75 Å². The number of aliphatic imine (C=N–C) groups is 1. The highest BCUT2D eigenvalue weighted by molar-refractivity contribution is 6.35. The molecule has 0 aliphatic heterocycles. The van der Waals surface area contributed by atoms with E-state index in [1.54, 1.807) is 6.07 Å². The lowest BCUT2D eigenvalue weighted by Gasteiger charge is -2.10. The summed E-state index contributed by atoms with van der Waals surface area (Å²) in [7, 11) is 0. The Kier molecular flexibility index (Phi) is 6.19. The summed E-state index contributed by atoms with van der Waals surface area (Å²) in [5.74, 6) is -1.35. The standard InChI is InChI=1S/C15H10Cl3N3O4/c16-9-1-2-11(18)12(4-9)20-14(22)7-19-6-8-3-10(17)5-13(15(8)23)21(24)25/h1-6,23H,7H2,(H,20,22)/p-1. The number of halogens is 3. The second-order valence-electron chi connectivity index (χ2n) is 4.74. The minimum absolute atomic E-state index is 0.0166. The number of hydrogen-bond acceptors (Lipinski definition) is 5. The summed E-state index contributed by atoms with van der Waals surface area (Å²) >= 11 is 17.5. The Balaban J connectivity index is 2.09. The molecule has 1 amide bonds. The SMILES string of the molecule is O=C(CN=Cc1cc(Cl)cc([N+](=O)[O-])c1[O-])Nc1cc(Cl)ccc1Cl. The number of rotatable bonds is 5. The second-order valence-corrected chi connectivity index (χ2v) is 6.02. The molecule has 0 saturated carbocycles. The molecule has 10 heteroatoms. The molecule has 0 aliphatic rings. The molecule has 0 bridgehead atoms. The van der Waals surface area contributed by atoms with Crippen molar-refractivity contribution in [3.63, 3.8) is 0 Å². The molecule has 2 aromatic carbocycles. The molecule has 0 atom stereocenters. The monoisotopic (exact) mass is 400 g/mol. The van der Waals surface area contributed by atoms with E-state index in [2.05, 4.69) is 10.3 Å². The van der Waals surface area contributed by atoms with E-state index in [0.29, 0.717) is 15.7 Å². The molecule has 0 aliphatic carbocycles. The third kappa shape index (κ3) is 5.06. The van der Waals surface area contributed by atoms with Gasteiger partial charge < -0.3 is 10.4 Å². The van der Waals surface area contributed by atoms with Crippen molar-refractivity contribution in [2.24, 2.45) is 4.99 Å². The third-order valence-electron chi connectivity index (χ3n) is 2.93. The summed E-state index contributed by atoms with van der Waals surface area (Å²) in [4.78, 5) is 25.6. The number of nitrogens with zero attached hydrogens (tertiary/aromatic N) is 2. The van der Waals surface area contributed by atoms with Crippen LogP contribution in [0, 0.1) is 10.1 Å². The van der Waals surface area contributed by atoms with Gasteiger partial charge in [-0.1, -0.05) is 34.8 Å². The van der Waals surface area contributed by atoms with Crippen LogP contribution in [0.2, 0.25) is 15.1 Å². The third-order valence-corrected chi connectivity index (χ3v) is 3.71. The molecule has 0 unspecified atom stereocenters. The van der Waals surface area contributed by atoms with E-state index in [0.717, 1.165) is 12.3 Å². The molecule has 0 heterocycles. The predicted molar refractivity (Wildman–Crippen MR) is 95.1 cm³/mol. The normalized spacial score (nSPS) is 10.8. The smallest absolute Gasteiger partial charge is 0.263 e. The minimum Gasteiger partial charge on any atom is -0.867 e. The molecule has 2 rings (SSSR count). The first-order valence-electron chi connectivity index (χ1n) is 6.67. The number of amides is 1. The maximum atomic E-state index is 11.9. The molecule has 0 saturated heterocycles. The fraction of sp³-hybridized carbons (Fsp3) is 0.0667. The number of carbonyl (C=O) groups excluding carboxylic acids is 1. The van der Waals surface area contributed by atoms with Gasteiger partial charge in [-0.2, -0.15) is 0 Å². The molecular weight excluding hydrogens is 393 g/mol. The van der Waals surface area contributed by atoms with Crippen LogP contribution in [0.3, 0.4) is 0 Å². The summed E-state index contributed by atoms with van der Waals surface area (Å²) in [5, 5.41) is 25.9. The molecule has 1 N–H and O–H groups in total. The highest BCUT2D eigenvalue weighted by Crippen LogP contribution is 2.30. The minimum atomic E-state index is -0.837. The number of nitro groups is 1. The first-order valence-corrected chi connectivity index (χ1v) is 7.81. The highest BCUT2D eigenvalue weighted by Gasteiger charge is 2.11. The Hall–Kier alpha value is -2.35. The zero-order chi connectivity index (χ0) is 18.6. The van der Waals surface area contributed by atoms with Crippen LogP contribution in [-0.4, -0.2) is 23.6 Å². The average molecular weight is 402 g/mol. The Labute approximate surface area is 157 Å². The second kappa shape index (κ2) is 8.15. The topological polar surface area (TPSA) is 108 Å². The van der Waals surface area contributed by atoms with Crippen LogP contribution in [0.4, 0.5) is 11.4 Å². The van der Waals surface area contributed by atoms with Gasteiger partial charge in [0.2, 0.25) is 5.91 Å². The van der Waals surface area contributed by atoms with Gasteiger partial charge in [0.1, 0.15) is 6.54 Å². The fourth-order valence-corrected chi connectivity index (χ4v) is 2.40. The van der Waals surface area contributed by atoms with Gasteiger partial charge in [0.05, 0.1) is 15.6 Å². The van der Waals surface area contributed by atoms with E-state index >= 15 is 0 Å². The van der Waals surface area contributed by atoms with Crippen molar-refractivity contribution in [2.75, 3.05) is 11.9 Å². The molecule has 0 fully saturated rings. The maximum absolute atomic E-state index is 11.9. The van der Waals surface area contributed by atoms with Crippen molar-refractivity contribution in [2.45, 2.75) is 0 Å². The van der Waals surface area contributed by atoms with Crippen LogP contribution in [0.1, 0.15) is 5.56 Å². The van der Waals surface area contributed by atoms with Gasteiger partial charge in [0.25, 0.3) is 5.69 Å². The Bertz CT molecular complexity index is 871. The number of nitrogens with one attached hydrogen (secondary N) is 1. The van der Waals surface area contributed by atoms with Crippen LogP contribution in [-0.2, 0) is 4.79 Å². The van der Waals surface area contributed by atoms with Crippen molar-refractivity contribution >= 4 is 58.3 Å². The molecule has 2 aromatic rings. The molecule has 0 radical (unpaired) electrons. The van der Waals surface area contributed by atoms with Gasteiger partial charge in [0, 0.05) is 22.3 Å². The lowest BCUT2D eigenvalue weighted by Crippen LogP contribution is -2.15. The maximum Gasteiger partial charge on any atom is 0.263 e. The number of nitro benzene ring substituents is 1. The molecule has 7 nitrogen and oxygen atoms in total. The Morgan fingerprint density at radius 3 is 2.60 bits per heavy atom. The highest BCUT2D eigenvalue weighted by atomic mass is 35.5. The molecule has 0 aromatic heterocycles. The van der Waals surface area contributed by atoms with Crippen molar-refractivity contribution in [1.82, 2.24) is 0 Å². The molecular formula is C15H9Cl3N3O4-. The summed E-state index contributed by atoms with van der Waals surface area (Å²) in [6.45, 7) is -0.331. The first-order chi connectivity index (χ1) is 11.8. The van der Waals surface area contributed by atoms with E-state index in [1.807, 2.05) is 0 Å². The van der Waals surface area contributed by atoms with Crippen molar-refractivity contribution < 1.29 is 14.8 Å². The predicted octanol–water partition coefficient (Wildman–Crippen LogP) is 3.69. The van der Waals surface area contributed by atoms with Gasteiger partial charge in [0.15, 0.2) is 0 Å². The summed E-state index contributed by atoms with van der Waals surface area (Å²) in [5.41, 5.74) is -0.436. The summed E-state index contributed by atoms with van der Waals surface area (Å²) in [6, 6.07) is 6.75. The van der Waals surface area contributed by atoms with Gasteiger partial charge in [-0.3, -0.25) is 19.9 Å². The van der Waals surface area contributed by atoms with Crippen LogP contribution in [0.25, 0.3) is 0 Å². The summed E-state index contributed by atoms with van der Waals surface area (Å²) in [6.07, 6.45) is 1.06. The van der Waals surface area contributed by atoms with E-state index < -0.39 is 22.3 Å². The van der Waals surface area contributed by atoms with E-state index in [1.165, 1.54) is 18.2 Å². The quantitative estimate of drug-likeness (QED) is 0.468. The van der Waals surface area contributed by atoms with E-state index in [9.17, 15) is 20.0 Å². The van der Waals surface area contributed by atoms with Gasteiger partial charge in [-0.25, -0.2) is 0 Å². The summed E-state index contributed by atoms with van der Waals surface area (Å²) < 4.78 is 0. The number of carbonyl (C=O) groups is 1. The lowest BCUT2D eigenvalue weighted by atomic mass is 10.2.